The van der Waals surface area contributed by atoms with Crippen LogP contribution in [0.5, 0.6) is 0 Å². The van der Waals surface area contributed by atoms with Crippen molar-refractivity contribution in [3.63, 3.8) is 0 Å². The van der Waals surface area contributed by atoms with E-state index in [1.54, 1.807) is 0 Å². The molecule has 1 aromatic heterocycles. The van der Waals surface area contributed by atoms with Crippen molar-refractivity contribution in [2.24, 2.45) is 4.36 Å². The summed E-state index contributed by atoms with van der Waals surface area (Å²) >= 11 is 0.766. The van der Waals surface area contributed by atoms with Crippen LogP contribution < -0.4 is 14.5 Å². The van der Waals surface area contributed by atoms with Crippen LogP contribution in [-0.2, 0) is 39.9 Å². The third-order valence-electron chi connectivity index (χ3n) is 14.2. The average molecular weight is 980 g/mol. The zero-order valence-electron chi connectivity index (χ0n) is 44.6. The predicted molar refractivity (Wildman–Crippen MR) is 313 cm³/mol. The lowest BCUT2D eigenvalue weighted by Gasteiger charge is -2.28. The highest BCUT2D eigenvalue weighted by atomic mass is 32.1. The fraction of sp³-hybridized carbons (Fsp3) is 0.262. The lowest BCUT2D eigenvalue weighted by molar-refractivity contribution is 0.590. The predicted octanol–water partition coefficient (Wildman–Crippen LogP) is 17.9. The minimum atomic E-state index is 0.0472. The van der Waals surface area contributed by atoms with Gasteiger partial charge in [0.05, 0.1) is 17.7 Å². The van der Waals surface area contributed by atoms with E-state index in [4.69, 9.17) is 14.7 Å². The molecule has 10 rings (SSSR count). The van der Waals surface area contributed by atoms with Crippen molar-refractivity contribution in [1.82, 2.24) is 15.0 Å². The van der Waals surface area contributed by atoms with Gasteiger partial charge in [0, 0.05) is 45.3 Å². The van der Waals surface area contributed by atoms with E-state index in [1.807, 2.05) is 0 Å². The molecular formula is C65H69N7S. The van der Waals surface area contributed by atoms with E-state index in [2.05, 4.69) is 278 Å². The number of aromatic nitrogens is 3. The molecular weight excluding hydrogens is 911 g/mol. The number of hydrogen-bond acceptors (Lipinski definition) is 6. The van der Waals surface area contributed by atoms with Gasteiger partial charge < -0.3 is 14.5 Å². The van der Waals surface area contributed by atoms with E-state index in [-0.39, 0.29) is 21.7 Å². The standard InChI is InChI=1S/C65H69N7S/c1-62(2,3)46-22-34-52(35-23-46)71(53-36-24-47(25-37-53)63(4,5)6)50-30-18-44(19-31-50)56-58-59(68-73-67-58)57(61-60(56)66-69-70(61)42-43-16-14-13-15-17-43)45-20-32-51(33-21-45)72(54-38-26-48(27-39-54)64(7,8)9)55-40-28-49(29-41-55)65(10,11)12/h13-41,73H,42H2,1-12H3,(H,67,68). The SMILES string of the molecule is CC(C)(C)c1ccc(N(c2ccc(-c3c4c(c(-c5ccc(N(c6ccc(C(C)(C)C)cc6)c6ccc(C(C)(C)C)cc6)cc5)c5c3nnn5Cc3ccccc3)N[SH]=N4)cc2)c2ccc(C(C)(C)C)cc2)cc1. The summed E-state index contributed by atoms with van der Waals surface area (Å²) in [5, 5.41) is 9.97. The van der Waals surface area contributed by atoms with Crippen LogP contribution in [0, 0.1) is 0 Å². The first-order valence-electron chi connectivity index (χ1n) is 25.6. The molecule has 0 spiro atoms. The van der Waals surface area contributed by atoms with Gasteiger partial charge in [-0.1, -0.05) is 191 Å². The molecule has 0 fully saturated rings. The topological polar surface area (TPSA) is 61.6 Å². The molecule has 0 unspecified atom stereocenters. The molecule has 0 saturated carbocycles. The Balaban J connectivity index is 1.09. The van der Waals surface area contributed by atoms with Gasteiger partial charge in [-0.25, -0.2) is 9.04 Å². The van der Waals surface area contributed by atoms with Crippen LogP contribution >= 0.6 is 0 Å². The Kier molecular flexibility index (Phi) is 12.8. The summed E-state index contributed by atoms with van der Waals surface area (Å²) in [6.45, 7) is 27.7. The molecule has 0 saturated heterocycles. The van der Waals surface area contributed by atoms with Crippen LogP contribution in [0.1, 0.15) is 111 Å². The number of nitrogens with one attached hydrogen (secondary N) is 1. The smallest absolute Gasteiger partial charge is 0.124 e. The highest BCUT2D eigenvalue weighted by molar-refractivity contribution is 7.70. The normalized spacial score (nSPS) is 12.9. The molecule has 0 aliphatic carbocycles. The minimum Gasteiger partial charge on any atom is -0.321 e. The van der Waals surface area contributed by atoms with Crippen LogP contribution in [0.15, 0.2) is 180 Å². The lowest BCUT2D eigenvalue weighted by Crippen LogP contribution is -2.14. The molecule has 8 aromatic carbocycles. The highest BCUT2D eigenvalue weighted by Gasteiger charge is 2.29. The number of benzene rings is 8. The van der Waals surface area contributed by atoms with Crippen molar-refractivity contribution in [1.29, 1.82) is 0 Å². The molecule has 0 atom stereocenters. The Morgan fingerprint density at radius 2 is 0.767 bits per heavy atom. The maximum absolute atomic E-state index is 5.15. The number of rotatable bonds is 10. The summed E-state index contributed by atoms with van der Waals surface area (Å²) < 4.78 is 10.9. The minimum absolute atomic E-state index is 0.0472. The summed E-state index contributed by atoms with van der Waals surface area (Å²) in [4.78, 5) is 4.70. The van der Waals surface area contributed by atoms with Crippen LogP contribution in [0.4, 0.5) is 45.5 Å². The largest absolute Gasteiger partial charge is 0.321 e. The summed E-state index contributed by atoms with van der Waals surface area (Å²) in [6.07, 6.45) is 0. The number of fused-ring (bicyclic) bond motifs is 2. The Labute approximate surface area is 437 Å². The third kappa shape index (κ3) is 9.98. The van der Waals surface area contributed by atoms with Crippen molar-refractivity contribution in [3.05, 3.63) is 204 Å². The average Bonchev–Trinajstić information content (AvgIpc) is 4.02. The first kappa shape index (κ1) is 49.3. The van der Waals surface area contributed by atoms with E-state index >= 15 is 0 Å². The fourth-order valence-electron chi connectivity index (χ4n) is 9.85. The van der Waals surface area contributed by atoms with Crippen molar-refractivity contribution in [2.75, 3.05) is 14.5 Å². The van der Waals surface area contributed by atoms with Crippen LogP contribution in [0.25, 0.3) is 33.3 Å². The Morgan fingerprint density at radius 3 is 1.12 bits per heavy atom. The van der Waals surface area contributed by atoms with Gasteiger partial charge in [-0.05, 0) is 145 Å². The number of anilines is 7. The van der Waals surface area contributed by atoms with Crippen LogP contribution in [-0.4, -0.2) is 15.0 Å². The zero-order valence-corrected chi connectivity index (χ0v) is 45.5. The molecule has 1 aliphatic heterocycles. The maximum Gasteiger partial charge on any atom is 0.124 e. The Bertz CT molecular complexity index is 3310. The number of thiol groups is 1. The zero-order chi connectivity index (χ0) is 51.5. The summed E-state index contributed by atoms with van der Waals surface area (Å²) in [5.74, 6) is 0. The van der Waals surface area contributed by atoms with Crippen molar-refractivity contribution in [3.8, 4) is 22.3 Å². The van der Waals surface area contributed by atoms with Gasteiger partial charge in [0.15, 0.2) is 0 Å². The molecule has 1 aliphatic rings. The van der Waals surface area contributed by atoms with Crippen molar-refractivity contribution >= 4 is 68.3 Å². The quantitative estimate of drug-likeness (QED) is 0.134. The van der Waals surface area contributed by atoms with Crippen molar-refractivity contribution in [2.45, 2.75) is 111 Å². The summed E-state index contributed by atoms with van der Waals surface area (Å²) in [6, 6.07) is 64.4. The molecule has 0 amide bonds. The van der Waals surface area contributed by atoms with Gasteiger partial charge in [-0.15, -0.1) is 5.10 Å². The molecule has 0 radical (unpaired) electrons. The molecule has 8 heteroatoms. The van der Waals surface area contributed by atoms with E-state index in [0.717, 1.165) is 96.1 Å². The van der Waals surface area contributed by atoms with Gasteiger partial charge in [0.1, 0.15) is 11.2 Å². The number of hydrogen-bond donors (Lipinski definition) is 2. The lowest BCUT2D eigenvalue weighted by atomic mass is 9.86. The van der Waals surface area contributed by atoms with E-state index < -0.39 is 0 Å². The van der Waals surface area contributed by atoms with Crippen LogP contribution in [0.3, 0.4) is 0 Å². The summed E-state index contributed by atoms with van der Waals surface area (Å²) in [7, 11) is 0. The van der Waals surface area contributed by atoms with E-state index in [0.29, 0.717) is 6.54 Å². The maximum atomic E-state index is 5.15. The Morgan fingerprint density at radius 1 is 0.425 bits per heavy atom. The Hall–Kier alpha value is -7.29. The molecule has 9 aromatic rings. The molecule has 7 nitrogen and oxygen atoms in total. The molecule has 0 bridgehead atoms. The molecule has 73 heavy (non-hydrogen) atoms. The number of nitrogens with zero attached hydrogens (tertiary/aromatic N) is 6. The van der Waals surface area contributed by atoms with Gasteiger partial charge in [-0.3, -0.25) is 0 Å². The van der Waals surface area contributed by atoms with Crippen molar-refractivity contribution < 1.29 is 0 Å². The van der Waals surface area contributed by atoms with Gasteiger partial charge in [0.2, 0.25) is 0 Å². The second-order valence-electron chi connectivity index (χ2n) is 23.7. The van der Waals surface area contributed by atoms with E-state index in [1.165, 1.54) is 22.3 Å². The molecule has 370 valence electrons. The highest BCUT2D eigenvalue weighted by Crippen LogP contribution is 2.52. The van der Waals surface area contributed by atoms with Gasteiger partial charge in [0.25, 0.3) is 0 Å². The second-order valence-corrected chi connectivity index (χ2v) is 24.3. The fourth-order valence-corrected chi connectivity index (χ4v) is 10.5. The third-order valence-corrected chi connectivity index (χ3v) is 14.8. The molecule has 2 heterocycles. The van der Waals surface area contributed by atoms with E-state index in [9.17, 15) is 0 Å². The first-order chi connectivity index (χ1) is 34.7. The first-order valence-corrected chi connectivity index (χ1v) is 26.4. The molecule has 1 N–H and O–H groups in total. The van der Waals surface area contributed by atoms with Gasteiger partial charge >= 0.3 is 0 Å². The van der Waals surface area contributed by atoms with Gasteiger partial charge in [-0.2, -0.15) is 0 Å². The van der Waals surface area contributed by atoms with Crippen LogP contribution in [0.2, 0.25) is 0 Å². The second kappa shape index (κ2) is 19.0. The monoisotopic (exact) mass is 980 g/mol. The summed E-state index contributed by atoms with van der Waals surface area (Å²) in [5.41, 5.74) is 20.8.